The van der Waals surface area contributed by atoms with E-state index in [9.17, 15) is 14.7 Å². The van der Waals surface area contributed by atoms with E-state index in [-0.39, 0.29) is 30.9 Å². The highest BCUT2D eigenvalue weighted by atomic mass is 17.2. The largest absolute Gasteiger partial charge is 0.483 e. The fourth-order valence-corrected chi connectivity index (χ4v) is 9.10. The SMILES string of the molecule is CC1(C)C=Cc2c(ccc3c2N2COOC24C3(O)C[C@@]23NC(=O)[C@]5(CCCN5C2=O)CC3C4(C)C)O1. The van der Waals surface area contributed by atoms with Crippen molar-refractivity contribution in [2.24, 2.45) is 11.3 Å². The maximum absolute atomic E-state index is 14.2. The lowest BCUT2D eigenvalue weighted by molar-refractivity contribution is -0.394. The number of hydrogen-bond donors (Lipinski definition) is 2. The first-order valence-electron chi connectivity index (χ1n) is 12.9. The fourth-order valence-electron chi connectivity index (χ4n) is 9.10. The molecule has 2 N–H and O–H groups in total. The highest BCUT2D eigenvalue weighted by Gasteiger charge is 2.85. The second kappa shape index (κ2) is 5.76. The predicted octanol–water partition coefficient (Wildman–Crippen LogP) is 2.17. The Hall–Kier alpha value is -2.62. The van der Waals surface area contributed by atoms with Crippen molar-refractivity contribution in [2.45, 2.75) is 81.4 Å². The van der Waals surface area contributed by atoms with Crippen LogP contribution in [0.5, 0.6) is 5.75 Å². The van der Waals surface area contributed by atoms with Crippen LogP contribution in [0.15, 0.2) is 18.2 Å². The molecule has 3 spiro atoms. The number of fused-ring (bicyclic) bond motifs is 6. The molecule has 7 heterocycles. The molecule has 5 atom stereocenters. The minimum atomic E-state index is -1.62. The topological polar surface area (TPSA) is 101 Å². The van der Waals surface area contributed by atoms with Crippen molar-refractivity contribution < 1.29 is 29.2 Å². The molecule has 1 aromatic carbocycles. The average molecular weight is 494 g/mol. The minimum absolute atomic E-state index is 0.0208. The van der Waals surface area contributed by atoms with E-state index >= 15 is 0 Å². The standard InChI is InChI=1S/C27H31N3O6/c1-22(2)10-8-15-17(35-22)7-6-16-19(15)30-14-34-36-27(30)23(3,4)18-12-24-9-5-11-29(24)21(32)25(18,28-20(24)31)13-26(16,27)33/h6-8,10,18,33H,5,9,11-14H2,1-4H3,(H,28,31)/t18?,24-,25-,26?,27?/m0/s1. The van der Waals surface area contributed by atoms with Crippen molar-refractivity contribution in [3.63, 3.8) is 0 Å². The highest BCUT2D eigenvalue weighted by molar-refractivity contribution is 6.05. The molecule has 7 aliphatic heterocycles. The molecule has 9 nitrogen and oxygen atoms in total. The Morgan fingerprint density at radius 3 is 2.75 bits per heavy atom. The van der Waals surface area contributed by atoms with Crippen LogP contribution >= 0.6 is 0 Å². The quantitative estimate of drug-likeness (QED) is 0.535. The van der Waals surface area contributed by atoms with Gasteiger partial charge in [-0.15, -0.1) is 0 Å². The van der Waals surface area contributed by atoms with Gasteiger partial charge < -0.3 is 25.0 Å². The molecular formula is C27H31N3O6. The number of ether oxygens (including phenoxy) is 1. The van der Waals surface area contributed by atoms with Gasteiger partial charge in [0.05, 0.1) is 5.69 Å². The van der Waals surface area contributed by atoms with Crippen LogP contribution in [0.1, 0.15) is 64.5 Å². The summed E-state index contributed by atoms with van der Waals surface area (Å²) in [5.41, 5.74) is -3.80. The lowest BCUT2D eigenvalue weighted by Gasteiger charge is -2.69. The number of carbonyl (C=O) groups excluding carboxylic acids is 2. The second-order valence-electron chi connectivity index (χ2n) is 12.8. The monoisotopic (exact) mass is 493 g/mol. The third-order valence-corrected chi connectivity index (χ3v) is 10.5. The first-order valence-corrected chi connectivity index (χ1v) is 12.9. The molecule has 8 aliphatic rings. The Morgan fingerprint density at radius 1 is 1.14 bits per heavy atom. The molecule has 6 fully saturated rings. The number of benzene rings is 1. The molecule has 2 bridgehead atoms. The average Bonchev–Trinajstić information content (AvgIpc) is 3.49. The van der Waals surface area contributed by atoms with Gasteiger partial charge in [-0.3, -0.25) is 9.59 Å². The summed E-state index contributed by atoms with van der Waals surface area (Å²) >= 11 is 0. The number of aliphatic hydroxyl groups is 1. The van der Waals surface area contributed by atoms with Crippen LogP contribution in [-0.4, -0.2) is 57.5 Å². The van der Waals surface area contributed by atoms with Gasteiger partial charge in [0.2, 0.25) is 17.5 Å². The van der Waals surface area contributed by atoms with E-state index in [1.807, 2.05) is 43.0 Å². The number of piperazine rings is 1. The van der Waals surface area contributed by atoms with E-state index in [4.69, 9.17) is 14.5 Å². The summed E-state index contributed by atoms with van der Waals surface area (Å²) in [6.45, 7) is 8.83. The fraction of sp³-hybridized carbons (Fsp3) is 0.630. The first kappa shape index (κ1) is 21.5. The summed E-state index contributed by atoms with van der Waals surface area (Å²) in [5.74, 6) is 0.316. The summed E-state index contributed by atoms with van der Waals surface area (Å²) in [6.07, 6.45) is 6.09. The molecule has 9 heteroatoms. The van der Waals surface area contributed by atoms with E-state index in [1.165, 1.54) is 0 Å². The Bertz CT molecular complexity index is 1320. The molecule has 36 heavy (non-hydrogen) atoms. The van der Waals surface area contributed by atoms with Gasteiger partial charge in [0.1, 0.15) is 28.0 Å². The maximum Gasteiger partial charge on any atom is 0.249 e. The number of rotatable bonds is 0. The van der Waals surface area contributed by atoms with Crippen molar-refractivity contribution in [3.8, 4) is 5.75 Å². The molecule has 190 valence electrons. The molecule has 3 unspecified atom stereocenters. The Morgan fingerprint density at radius 2 is 1.94 bits per heavy atom. The van der Waals surface area contributed by atoms with Gasteiger partial charge >= 0.3 is 0 Å². The zero-order valence-corrected chi connectivity index (χ0v) is 21.0. The van der Waals surface area contributed by atoms with Crippen molar-refractivity contribution in [1.82, 2.24) is 10.2 Å². The van der Waals surface area contributed by atoms with Crippen molar-refractivity contribution >= 4 is 23.6 Å². The van der Waals surface area contributed by atoms with Crippen LogP contribution in [0.4, 0.5) is 5.69 Å². The third-order valence-electron chi connectivity index (χ3n) is 10.5. The number of amides is 2. The van der Waals surface area contributed by atoms with Gasteiger partial charge in [-0.2, -0.15) is 0 Å². The summed E-state index contributed by atoms with van der Waals surface area (Å²) in [4.78, 5) is 43.4. The van der Waals surface area contributed by atoms with Gasteiger partial charge in [-0.1, -0.05) is 19.9 Å². The summed E-state index contributed by atoms with van der Waals surface area (Å²) in [6, 6.07) is 3.77. The Labute approximate surface area is 209 Å². The molecular weight excluding hydrogens is 462 g/mol. The lowest BCUT2D eigenvalue weighted by Crippen LogP contribution is -2.88. The molecule has 0 aromatic heterocycles. The van der Waals surface area contributed by atoms with E-state index in [0.717, 1.165) is 23.4 Å². The van der Waals surface area contributed by atoms with E-state index in [1.54, 1.807) is 4.90 Å². The number of piperidine rings is 2. The maximum atomic E-state index is 14.2. The van der Waals surface area contributed by atoms with Crippen LogP contribution < -0.4 is 15.0 Å². The van der Waals surface area contributed by atoms with E-state index in [0.29, 0.717) is 24.9 Å². The van der Waals surface area contributed by atoms with Crippen LogP contribution in [-0.2, 0) is 25.0 Å². The van der Waals surface area contributed by atoms with Gasteiger partial charge in [-0.25, -0.2) is 9.78 Å². The predicted molar refractivity (Wildman–Crippen MR) is 127 cm³/mol. The van der Waals surface area contributed by atoms with Crippen molar-refractivity contribution in [3.05, 3.63) is 29.3 Å². The number of hydrogen-bond acceptors (Lipinski definition) is 7. The van der Waals surface area contributed by atoms with Crippen molar-refractivity contribution in [2.75, 3.05) is 18.2 Å². The summed E-state index contributed by atoms with van der Waals surface area (Å²) in [5, 5.41) is 16.0. The van der Waals surface area contributed by atoms with Gasteiger partial charge in [0.15, 0.2) is 6.73 Å². The Kier molecular flexibility index (Phi) is 3.44. The first-order chi connectivity index (χ1) is 16.9. The third kappa shape index (κ3) is 1.90. The van der Waals surface area contributed by atoms with E-state index in [2.05, 4.69) is 19.2 Å². The number of nitrogens with zero attached hydrogens (tertiary/aromatic N) is 2. The number of nitrogens with one attached hydrogen (secondary N) is 1. The zero-order chi connectivity index (χ0) is 25.1. The van der Waals surface area contributed by atoms with Gasteiger partial charge in [-0.05, 0) is 51.3 Å². The van der Waals surface area contributed by atoms with Gasteiger partial charge in [0.25, 0.3) is 0 Å². The molecule has 5 saturated heterocycles. The normalized spacial score (nSPS) is 43.8. The van der Waals surface area contributed by atoms with Crippen LogP contribution in [0.2, 0.25) is 0 Å². The molecule has 1 saturated carbocycles. The van der Waals surface area contributed by atoms with Crippen LogP contribution in [0.3, 0.4) is 0 Å². The molecule has 2 amide bonds. The molecule has 0 radical (unpaired) electrons. The molecule has 1 aliphatic carbocycles. The summed E-state index contributed by atoms with van der Waals surface area (Å²) in [7, 11) is 0. The van der Waals surface area contributed by atoms with Gasteiger partial charge in [0, 0.05) is 35.4 Å². The Balaban J connectivity index is 1.39. The number of carbonyl (C=O) groups is 2. The lowest BCUT2D eigenvalue weighted by atomic mass is 9.45. The van der Waals surface area contributed by atoms with Crippen LogP contribution in [0.25, 0.3) is 6.08 Å². The molecule has 1 aromatic rings. The van der Waals surface area contributed by atoms with Crippen molar-refractivity contribution in [1.29, 1.82) is 0 Å². The van der Waals surface area contributed by atoms with Crippen LogP contribution in [0, 0.1) is 11.3 Å². The van der Waals surface area contributed by atoms with E-state index < -0.39 is 33.4 Å². The zero-order valence-electron chi connectivity index (χ0n) is 21.0. The molecule has 9 rings (SSSR count). The summed E-state index contributed by atoms with van der Waals surface area (Å²) < 4.78 is 6.26. The second-order valence-corrected chi connectivity index (χ2v) is 12.8. The number of anilines is 1. The minimum Gasteiger partial charge on any atom is -0.483 e. The highest BCUT2D eigenvalue weighted by Crippen LogP contribution is 2.73. The smallest absolute Gasteiger partial charge is 0.249 e.